The van der Waals surface area contributed by atoms with E-state index in [0.717, 1.165) is 54.4 Å². The number of benzene rings is 2. The molecule has 0 aliphatic heterocycles. The minimum atomic E-state index is -3.82. The van der Waals surface area contributed by atoms with Crippen molar-refractivity contribution in [1.29, 1.82) is 0 Å². The van der Waals surface area contributed by atoms with Crippen LogP contribution < -0.4 is 5.32 Å². The molecule has 3 rings (SSSR count). The number of amides is 1. The Hall–Kier alpha value is -1.89. The molecule has 0 saturated heterocycles. The molecule has 0 spiro atoms. The standard InChI is InChI=1S/C25H33ClN2O3S/c1-17-14-18(2)25(19(3)15-17)32(30,31)28(23-8-6-5-7-9-23)16-24(29)27-20(4)21-10-12-22(26)13-11-21/h10-15,20,23H,5-9,16H2,1-4H3,(H,27,29). The van der Waals surface area contributed by atoms with E-state index in [-0.39, 0.29) is 24.5 Å². The highest BCUT2D eigenvalue weighted by molar-refractivity contribution is 7.89. The summed E-state index contributed by atoms with van der Waals surface area (Å²) in [6.45, 7) is 7.32. The first-order valence-electron chi connectivity index (χ1n) is 11.2. The number of carbonyl (C=O) groups is 1. The molecule has 1 saturated carbocycles. The molecule has 1 aliphatic rings. The molecule has 174 valence electrons. The average Bonchev–Trinajstić information content (AvgIpc) is 2.72. The molecular weight excluding hydrogens is 444 g/mol. The second-order valence-corrected chi connectivity index (χ2v) is 11.2. The molecule has 1 atom stereocenters. The molecule has 2 aromatic carbocycles. The number of hydrogen-bond donors (Lipinski definition) is 1. The van der Waals surface area contributed by atoms with E-state index in [1.807, 2.05) is 52.0 Å². The third-order valence-electron chi connectivity index (χ3n) is 6.20. The molecule has 1 amide bonds. The summed E-state index contributed by atoms with van der Waals surface area (Å²) in [5.41, 5.74) is 3.38. The van der Waals surface area contributed by atoms with Crippen LogP contribution in [0.5, 0.6) is 0 Å². The Labute approximate surface area is 197 Å². The van der Waals surface area contributed by atoms with Gasteiger partial charge in [-0.3, -0.25) is 4.79 Å². The average molecular weight is 477 g/mol. The van der Waals surface area contributed by atoms with Crippen LogP contribution in [-0.2, 0) is 14.8 Å². The summed E-state index contributed by atoms with van der Waals surface area (Å²) >= 11 is 5.96. The Bertz CT molecular complexity index is 1040. The van der Waals surface area contributed by atoms with Gasteiger partial charge in [0.25, 0.3) is 0 Å². The molecule has 5 nitrogen and oxygen atoms in total. The Morgan fingerprint density at radius 1 is 1.06 bits per heavy atom. The number of sulfonamides is 1. The number of rotatable bonds is 7. The van der Waals surface area contributed by atoms with Crippen molar-refractivity contribution in [1.82, 2.24) is 9.62 Å². The molecule has 1 N–H and O–H groups in total. The second-order valence-electron chi connectivity index (χ2n) is 8.91. The van der Waals surface area contributed by atoms with Crippen molar-refractivity contribution < 1.29 is 13.2 Å². The normalized spacial score (nSPS) is 16.2. The topological polar surface area (TPSA) is 66.5 Å². The molecular formula is C25H33ClN2O3S. The minimum Gasteiger partial charge on any atom is -0.348 e. The van der Waals surface area contributed by atoms with Crippen molar-refractivity contribution in [3.05, 3.63) is 63.7 Å². The minimum absolute atomic E-state index is 0.162. The number of nitrogens with zero attached hydrogens (tertiary/aromatic N) is 1. The van der Waals surface area contributed by atoms with Gasteiger partial charge >= 0.3 is 0 Å². The van der Waals surface area contributed by atoms with Gasteiger partial charge in [-0.1, -0.05) is 60.7 Å². The van der Waals surface area contributed by atoms with E-state index in [4.69, 9.17) is 11.6 Å². The van der Waals surface area contributed by atoms with Gasteiger partial charge in [-0.25, -0.2) is 8.42 Å². The predicted molar refractivity (Wildman–Crippen MR) is 129 cm³/mol. The van der Waals surface area contributed by atoms with E-state index >= 15 is 0 Å². The highest BCUT2D eigenvalue weighted by Crippen LogP contribution is 2.31. The zero-order valence-electron chi connectivity index (χ0n) is 19.3. The summed E-state index contributed by atoms with van der Waals surface area (Å²) in [6.07, 6.45) is 4.62. The number of halogens is 1. The lowest BCUT2D eigenvalue weighted by Gasteiger charge is -2.34. The number of hydrogen-bond acceptors (Lipinski definition) is 3. The maximum Gasteiger partial charge on any atom is 0.244 e. The van der Waals surface area contributed by atoms with Gasteiger partial charge in [0.05, 0.1) is 17.5 Å². The van der Waals surface area contributed by atoms with Gasteiger partial charge in [-0.05, 0) is 69.4 Å². The zero-order chi connectivity index (χ0) is 23.5. The highest BCUT2D eigenvalue weighted by atomic mass is 35.5. The van der Waals surface area contributed by atoms with E-state index in [1.54, 1.807) is 12.1 Å². The number of aryl methyl sites for hydroxylation is 3. The van der Waals surface area contributed by atoms with Crippen LogP contribution in [0.15, 0.2) is 41.3 Å². The Balaban J connectivity index is 1.87. The van der Waals surface area contributed by atoms with Gasteiger partial charge in [-0.2, -0.15) is 4.31 Å². The maximum absolute atomic E-state index is 13.8. The van der Waals surface area contributed by atoms with Crippen LogP contribution in [0.2, 0.25) is 5.02 Å². The van der Waals surface area contributed by atoms with Crippen LogP contribution in [0.4, 0.5) is 0 Å². The first kappa shape index (κ1) is 24.7. The lowest BCUT2D eigenvalue weighted by molar-refractivity contribution is -0.122. The summed E-state index contributed by atoms with van der Waals surface area (Å²) in [5.74, 6) is -0.302. The molecule has 0 heterocycles. The highest BCUT2D eigenvalue weighted by Gasteiger charge is 2.36. The zero-order valence-corrected chi connectivity index (χ0v) is 20.9. The van der Waals surface area contributed by atoms with Crippen LogP contribution in [0, 0.1) is 20.8 Å². The van der Waals surface area contributed by atoms with Gasteiger partial charge < -0.3 is 5.32 Å². The van der Waals surface area contributed by atoms with Gasteiger partial charge in [0.2, 0.25) is 15.9 Å². The SMILES string of the molecule is Cc1cc(C)c(S(=O)(=O)N(CC(=O)NC(C)c2ccc(Cl)cc2)C2CCCCC2)c(C)c1. The Kier molecular flexibility index (Phi) is 8.01. The molecule has 7 heteroatoms. The fraction of sp³-hybridized carbons (Fsp3) is 0.480. The van der Waals surface area contributed by atoms with Gasteiger partial charge in [-0.15, -0.1) is 0 Å². The van der Waals surface area contributed by atoms with E-state index in [9.17, 15) is 13.2 Å². The molecule has 1 aliphatic carbocycles. The van der Waals surface area contributed by atoms with Crippen molar-refractivity contribution in [2.75, 3.05) is 6.54 Å². The van der Waals surface area contributed by atoms with E-state index in [1.165, 1.54) is 4.31 Å². The summed E-state index contributed by atoms with van der Waals surface area (Å²) in [4.78, 5) is 13.3. The largest absolute Gasteiger partial charge is 0.348 e. The summed E-state index contributed by atoms with van der Waals surface area (Å²) in [7, 11) is -3.82. The molecule has 32 heavy (non-hydrogen) atoms. The molecule has 0 aromatic heterocycles. The summed E-state index contributed by atoms with van der Waals surface area (Å²) in [6, 6.07) is 10.7. The van der Waals surface area contributed by atoms with E-state index < -0.39 is 10.0 Å². The maximum atomic E-state index is 13.8. The van der Waals surface area contributed by atoms with Crippen molar-refractivity contribution >= 4 is 27.5 Å². The summed E-state index contributed by atoms with van der Waals surface area (Å²) < 4.78 is 29.1. The monoisotopic (exact) mass is 476 g/mol. The van der Waals surface area contributed by atoms with Crippen LogP contribution >= 0.6 is 11.6 Å². The Morgan fingerprint density at radius 3 is 2.19 bits per heavy atom. The number of carbonyl (C=O) groups excluding carboxylic acids is 1. The molecule has 1 unspecified atom stereocenters. The summed E-state index contributed by atoms with van der Waals surface area (Å²) in [5, 5.41) is 3.59. The van der Waals surface area contributed by atoms with E-state index in [0.29, 0.717) is 9.92 Å². The van der Waals surface area contributed by atoms with Crippen LogP contribution in [0.3, 0.4) is 0 Å². The van der Waals surface area contributed by atoms with Crippen molar-refractivity contribution in [3.8, 4) is 0 Å². The Morgan fingerprint density at radius 2 is 1.62 bits per heavy atom. The predicted octanol–water partition coefficient (Wildman–Crippen LogP) is 5.47. The van der Waals surface area contributed by atoms with Crippen molar-refractivity contribution in [3.63, 3.8) is 0 Å². The van der Waals surface area contributed by atoms with Crippen molar-refractivity contribution in [2.24, 2.45) is 0 Å². The first-order valence-corrected chi connectivity index (χ1v) is 13.1. The quantitative estimate of drug-likeness (QED) is 0.576. The molecule has 0 radical (unpaired) electrons. The first-order chi connectivity index (χ1) is 15.1. The van der Waals surface area contributed by atoms with Crippen molar-refractivity contribution in [2.45, 2.75) is 76.8 Å². The second kappa shape index (κ2) is 10.4. The van der Waals surface area contributed by atoms with E-state index in [2.05, 4.69) is 5.32 Å². The van der Waals surface area contributed by atoms with Gasteiger partial charge in [0, 0.05) is 11.1 Å². The fourth-order valence-electron chi connectivity index (χ4n) is 4.73. The molecule has 0 bridgehead atoms. The lowest BCUT2D eigenvalue weighted by Crippen LogP contribution is -2.47. The van der Waals surface area contributed by atoms with Crippen LogP contribution in [0.1, 0.15) is 67.3 Å². The number of nitrogens with one attached hydrogen (secondary N) is 1. The third-order valence-corrected chi connectivity index (χ3v) is 8.66. The van der Waals surface area contributed by atoms with Gasteiger partial charge in [0.1, 0.15) is 0 Å². The lowest BCUT2D eigenvalue weighted by atomic mass is 9.95. The third kappa shape index (κ3) is 5.72. The van der Waals surface area contributed by atoms with Crippen LogP contribution in [0.25, 0.3) is 0 Å². The van der Waals surface area contributed by atoms with Gasteiger partial charge in [0.15, 0.2) is 0 Å². The molecule has 2 aromatic rings. The molecule has 1 fully saturated rings. The smallest absolute Gasteiger partial charge is 0.244 e. The fourth-order valence-corrected chi connectivity index (χ4v) is 6.92. The van der Waals surface area contributed by atoms with Crippen LogP contribution in [-0.4, -0.2) is 31.2 Å².